The van der Waals surface area contributed by atoms with E-state index in [1.54, 1.807) is 129 Å². The van der Waals surface area contributed by atoms with Crippen molar-refractivity contribution in [2.45, 2.75) is 214 Å². The van der Waals surface area contributed by atoms with Gasteiger partial charge in [0.25, 0.3) is 0 Å². The van der Waals surface area contributed by atoms with Crippen LogP contribution < -0.4 is 37.6 Å². The molecule has 3 rings (SSSR count). The van der Waals surface area contributed by atoms with Gasteiger partial charge in [-0.2, -0.15) is 0 Å². The Bertz CT molecular complexity index is 2820. The highest BCUT2D eigenvalue weighted by molar-refractivity contribution is 5.98. The molecule has 0 bridgehead atoms. The van der Waals surface area contributed by atoms with Gasteiger partial charge in [-0.25, -0.2) is 9.59 Å². The van der Waals surface area contributed by atoms with Crippen molar-refractivity contribution < 1.29 is 81.5 Å². The minimum atomic E-state index is -1.12. The standard InChI is InChI=1S/C70H114N10O17/c1-18-45(8)60(53(92-16)40-55(82)80-35-23-27-52(80)62(93-17)46(9)63(85)73-47(10)61(84)49-24-20-19-21-25-49)78(14)67(89)58(43(4)5)77-66(88)59(44(6)7)79(15)69(91)96-41-48-28-30-50(31-29-48)74-64(86)51(26-22-34-72-68(71)90)75-65(87)57(42(2)3)76-54(81)32-36-94-38-39-95-37-33-56(83)97-70(11,12)13/h19-21,24-25,28-31,42-47,51-53,57-62,84H,18,22-23,26-27,32-41H2,1-17H3,(H,73,85)(H,74,86)(H,75,87)(H,76,81)(H,77,88)(H3,71,72,90)/t45-,46+,47+,51+,52-,53+,57+,58?,59-,60-,61+,62+/m1/s1. The number of aliphatic hydroxyl groups excluding tert-OH is 1. The quantitative estimate of drug-likeness (QED) is 0.0290. The number of carbonyl (C=O) groups excluding carboxylic acids is 10. The Balaban J connectivity index is 1.66. The van der Waals surface area contributed by atoms with E-state index < -0.39 is 126 Å². The van der Waals surface area contributed by atoms with Crippen molar-refractivity contribution in [2.75, 3.05) is 73.1 Å². The Labute approximate surface area is 574 Å². The number of hydrogen-bond acceptors (Lipinski definition) is 17. The number of carbonyl (C=O) groups is 10. The molecule has 9 N–H and O–H groups in total. The highest BCUT2D eigenvalue weighted by Crippen LogP contribution is 2.31. The second-order valence-corrected chi connectivity index (χ2v) is 27.1. The third-order valence-corrected chi connectivity index (χ3v) is 17.2. The predicted octanol–water partition coefficient (Wildman–Crippen LogP) is 5.75. The molecule has 1 saturated heterocycles. The predicted molar refractivity (Wildman–Crippen MR) is 366 cm³/mol. The minimum Gasteiger partial charge on any atom is -0.460 e. The molecule has 1 fully saturated rings. The third kappa shape index (κ3) is 27.8. The summed E-state index contributed by atoms with van der Waals surface area (Å²) in [6.07, 6.45) is -1.07. The van der Waals surface area contributed by atoms with Gasteiger partial charge in [0.1, 0.15) is 36.4 Å². The van der Waals surface area contributed by atoms with Crippen LogP contribution in [0.15, 0.2) is 54.6 Å². The molecule has 12 atom stereocenters. The molecule has 1 aliphatic heterocycles. The van der Waals surface area contributed by atoms with E-state index in [1.807, 2.05) is 32.0 Å². The Kier molecular flexibility index (Phi) is 36.0. The number of likely N-dealkylation sites (tertiary alicyclic amines) is 1. The van der Waals surface area contributed by atoms with Gasteiger partial charge in [-0.15, -0.1) is 0 Å². The van der Waals surface area contributed by atoms with Crippen LogP contribution in [0.25, 0.3) is 0 Å². The normalized spacial score (nSPS) is 16.6. The fourth-order valence-corrected chi connectivity index (χ4v) is 11.7. The van der Waals surface area contributed by atoms with Crippen molar-refractivity contribution >= 4 is 65.1 Å². The fourth-order valence-electron chi connectivity index (χ4n) is 11.7. The summed E-state index contributed by atoms with van der Waals surface area (Å²) in [5, 5.41) is 27.6. The van der Waals surface area contributed by atoms with Crippen molar-refractivity contribution in [1.82, 2.24) is 41.3 Å². The topological polar surface area (TPSA) is 354 Å². The first-order valence-electron chi connectivity index (χ1n) is 33.9. The summed E-state index contributed by atoms with van der Waals surface area (Å²) in [4.78, 5) is 140. The number of amides is 10. The van der Waals surface area contributed by atoms with Crippen molar-refractivity contribution in [2.24, 2.45) is 35.3 Å². The molecule has 0 spiro atoms. The molecule has 0 radical (unpaired) electrons. The molecule has 27 heteroatoms. The zero-order valence-electron chi connectivity index (χ0n) is 60.4. The lowest BCUT2D eigenvalue weighted by atomic mass is 9.89. The van der Waals surface area contributed by atoms with Crippen LogP contribution in [0.4, 0.5) is 15.3 Å². The molecule has 27 nitrogen and oxygen atoms in total. The number of nitrogens with zero attached hydrogens (tertiary/aromatic N) is 3. The summed E-state index contributed by atoms with van der Waals surface area (Å²) >= 11 is 0. The SMILES string of the molecule is CC[C@@H](C)[C@H]([C@H](CC(=O)N1CCC[C@@H]1[C@@H](OC)[C@H](C)C(=O)N[C@@H](C)[C@H](O)c1ccccc1)OC)N(C)C(=O)C(NC(=O)[C@@H](C(C)C)N(C)C(=O)OCc1ccc(NC(=O)[C@H](CCCNC(N)=O)NC(=O)[C@@H](NC(=O)CCOCCOCCC(=O)OC(C)(C)C)C(C)C)cc1)C(C)C. The lowest BCUT2D eigenvalue weighted by Crippen LogP contribution is -2.60. The van der Waals surface area contributed by atoms with Gasteiger partial charge in [-0.3, -0.25) is 43.3 Å². The lowest BCUT2D eigenvalue weighted by Gasteiger charge is -2.41. The van der Waals surface area contributed by atoms with Crippen LogP contribution in [-0.2, 0) is 73.4 Å². The molecule has 0 aromatic heterocycles. The summed E-state index contributed by atoms with van der Waals surface area (Å²) in [7, 11) is 6.08. The second kappa shape index (κ2) is 41.7. The van der Waals surface area contributed by atoms with E-state index in [2.05, 4.69) is 31.9 Å². The third-order valence-electron chi connectivity index (χ3n) is 17.2. The van der Waals surface area contributed by atoms with Gasteiger partial charge in [-0.05, 0) is 100 Å². The van der Waals surface area contributed by atoms with Gasteiger partial charge in [-0.1, -0.05) is 111 Å². The van der Waals surface area contributed by atoms with Crippen LogP contribution in [0, 0.1) is 29.6 Å². The highest BCUT2D eigenvalue weighted by Gasteiger charge is 2.44. The molecule has 0 aliphatic carbocycles. The van der Waals surface area contributed by atoms with Crippen LogP contribution in [0.1, 0.15) is 159 Å². The molecule has 1 aliphatic rings. The lowest BCUT2D eigenvalue weighted by molar-refractivity contribution is -0.156. The van der Waals surface area contributed by atoms with E-state index in [0.717, 1.165) is 0 Å². The van der Waals surface area contributed by atoms with Crippen molar-refractivity contribution in [1.29, 1.82) is 0 Å². The summed E-state index contributed by atoms with van der Waals surface area (Å²) in [5.41, 5.74) is 6.18. The number of hydrogen-bond donors (Lipinski definition) is 8. The van der Waals surface area contributed by atoms with Gasteiger partial charge in [0.05, 0.1) is 81.6 Å². The minimum absolute atomic E-state index is 0.0334. The molecular formula is C70H114N10O17. The number of rotatable bonds is 41. The van der Waals surface area contributed by atoms with E-state index in [-0.39, 0.29) is 101 Å². The molecule has 10 amide bonds. The molecular weight excluding hydrogens is 1250 g/mol. The number of aliphatic hydroxyl groups is 1. The fraction of sp³-hybridized carbons (Fsp3) is 0.686. The number of methoxy groups -OCH3 is 2. The van der Waals surface area contributed by atoms with Gasteiger partial charge >= 0.3 is 18.1 Å². The number of nitrogens with one attached hydrogen (secondary N) is 6. The zero-order valence-corrected chi connectivity index (χ0v) is 60.4. The maximum Gasteiger partial charge on any atom is 0.410 e. The van der Waals surface area contributed by atoms with E-state index in [9.17, 15) is 53.1 Å². The molecule has 1 unspecified atom stereocenters. The average molecular weight is 1370 g/mol. The summed E-state index contributed by atoms with van der Waals surface area (Å²) < 4.78 is 33.9. The first kappa shape index (κ1) is 83.8. The summed E-state index contributed by atoms with van der Waals surface area (Å²) in [5.74, 6) is -5.75. The number of ether oxygens (including phenoxy) is 6. The smallest absolute Gasteiger partial charge is 0.410 e. The highest BCUT2D eigenvalue weighted by atomic mass is 16.6. The van der Waals surface area contributed by atoms with E-state index in [4.69, 9.17) is 34.2 Å². The van der Waals surface area contributed by atoms with E-state index >= 15 is 0 Å². The molecule has 1 heterocycles. The maximum atomic E-state index is 14.8. The van der Waals surface area contributed by atoms with Crippen molar-refractivity contribution in [3.05, 3.63) is 65.7 Å². The second-order valence-electron chi connectivity index (χ2n) is 27.1. The van der Waals surface area contributed by atoms with Crippen LogP contribution in [0.3, 0.4) is 0 Å². The van der Waals surface area contributed by atoms with Crippen LogP contribution >= 0.6 is 0 Å². The summed E-state index contributed by atoms with van der Waals surface area (Å²) in [6, 6.07) is 8.71. The first-order chi connectivity index (χ1) is 45.7. The molecule has 2 aromatic carbocycles. The zero-order chi connectivity index (χ0) is 72.9. The first-order valence-corrected chi connectivity index (χ1v) is 33.9. The van der Waals surface area contributed by atoms with Gasteiger partial charge in [0.2, 0.25) is 41.4 Å². The van der Waals surface area contributed by atoms with Gasteiger partial charge < -0.3 is 81.0 Å². The van der Waals surface area contributed by atoms with Crippen LogP contribution in [0.5, 0.6) is 0 Å². The van der Waals surface area contributed by atoms with E-state index in [1.165, 1.54) is 26.2 Å². The van der Waals surface area contributed by atoms with Gasteiger partial charge in [0, 0.05) is 53.5 Å². The summed E-state index contributed by atoms with van der Waals surface area (Å²) in [6.45, 7) is 24.2. The number of esters is 1. The largest absolute Gasteiger partial charge is 0.460 e. The number of nitrogens with two attached hydrogens (primary N) is 1. The Morgan fingerprint density at radius 1 is 0.711 bits per heavy atom. The number of urea groups is 1. The number of anilines is 1. The Hall–Kier alpha value is -7.46. The monoisotopic (exact) mass is 1370 g/mol. The average Bonchev–Trinajstić information content (AvgIpc) is 1.81. The molecule has 546 valence electrons. The van der Waals surface area contributed by atoms with Gasteiger partial charge in [0.15, 0.2) is 0 Å². The van der Waals surface area contributed by atoms with Crippen molar-refractivity contribution in [3.8, 4) is 0 Å². The number of likely N-dealkylation sites (N-methyl/N-ethyl adjacent to an activating group) is 2. The Morgan fingerprint density at radius 2 is 1.33 bits per heavy atom. The molecule has 97 heavy (non-hydrogen) atoms. The molecule has 2 aromatic rings. The number of primary amides is 1. The Morgan fingerprint density at radius 3 is 1.89 bits per heavy atom. The molecule has 0 saturated carbocycles. The maximum absolute atomic E-state index is 14.8. The van der Waals surface area contributed by atoms with Crippen molar-refractivity contribution in [3.63, 3.8) is 0 Å². The number of benzene rings is 2. The van der Waals surface area contributed by atoms with Crippen LogP contribution in [0.2, 0.25) is 0 Å². The van der Waals surface area contributed by atoms with Crippen LogP contribution in [-0.4, -0.2) is 207 Å². The van der Waals surface area contributed by atoms with E-state index in [0.29, 0.717) is 42.6 Å².